The van der Waals surface area contributed by atoms with Gasteiger partial charge in [-0.15, -0.1) is 0 Å². The van der Waals surface area contributed by atoms with E-state index in [1.54, 1.807) is 0 Å². The van der Waals surface area contributed by atoms with Crippen molar-refractivity contribution in [2.45, 2.75) is 145 Å². The van der Waals surface area contributed by atoms with Crippen molar-refractivity contribution in [3.63, 3.8) is 0 Å². The molecule has 1 radical (unpaired) electrons. The van der Waals surface area contributed by atoms with Crippen LogP contribution in [0.1, 0.15) is 148 Å². The summed E-state index contributed by atoms with van der Waals surface area (Å²) in [6.45, 7) is 30.4. The number of anilines is 2. The average Bonchev–Trinajstić information content (AvgIpc) is 3.19. The summed E-state index contributed by atoms with van der Waals surface area (Å²) in [5, 5.41) is 3.94. The van der Waals surface area contributed by atoms with Crippen LogP contribution in [-0.4, -0.2) is 7.28 Å². The lowest BCUT2D eigenvalue weighted by molar-refractivity contribution is 0.332. The Morgan fingerprint density at radius 2 is 1.64 bits per heavy atom. The van der Waals surface area contributed by atoms with E-state index >= 15 is 0 Å². The summed E-state index contributed by atoms with van der Waals surface area (Å²) >= 11 is 0. The highest BCUT2D eigenvalue weighted by Gasteiger charge is 2.37. The Hall–Kier alpha value is -3.78. The van der Waals surface area contributed by atoms with Gasteiger partial charge in [0, 0.05) is 22.4 Å². The van der Waals surface area contributed by atoms with Crippen LogP contribution in [0.3, 0.4) is 0 Å². The first-order valence-corrected chi connectivity index (χ1v) is 20.4. The first-order valence-electron chi connectivity index (χ1n) is 20.4. The lowest BCUT2D eigenvalue weighted by Gasteiger charge is -2.42. The smallest absolute Gasteiger partial charge is 0.187 e. The number of hydrogen-bond acceptors (Lipinski definition) is 1. The van der Waals surface area contributed by atoms with Gasteiger partial charge in [-0.3, -0.25) is 0 Å². The Balaban J connectivity index is 1.62. The molecule has 3 aromatic rings. The number of benzene rings is 3. The van der Waals surface area contributed by atoms with Crippen LogP contribution in [0.25, 0.3) is 5.57 Å². The minimum atomic E-state index is -0.146. The molecule has 0 spiro atoms. The molecule has 0 saturated carbocycles. The van der Waals surface area contributed by atoms with Gasteiger partial charge in [0.2, 0.25) is 0 Å². The van der Waals surface area contributed by atoms with Crippen molar-refractivity contribution < 1.29 is 0 Å². The Morgan fingerprint density at radius 1 is 0.925 bits per heavy atom. The molecule has 2 aliphatic carbocycles. The van der Waals surface area contributed by atoms with Crippen LogP contribution in [0, 0.1) is 19.8 Å². The van der Waals surface area contributed by atoms with Gasteiger partial charge in [0.1, 0.15) is 0 Å². The molecule has 3 aromatic carbocycles. The number of fused-ring (bicyclic) bond motifs is 1. The van der Waals surface area contributed by atoms with Crippen LogP contribution >= 0.6 is 0 Å². The molecular weight excluding hydrogens is 637 g/mol. The van der Waals surface area contributed by atoms with Gasteiger partial charge in [-0.2, -0.15) is 0 Å². The average molecular weight is 705 g/mol. The molecule has 0 aliphatic heterocycles. The van der Waals surface area contributed by atoms with Crippen LogP contribution in [0.2, 0.25) is 0 Å². The first kappa shape index (κ1) is 40.4. The van der Waals surface area contributed by atoms with Gasteiger partial charge < -0.3 is 5.32 Å². The Morgan fingerprint density at radius 3 is 2.34 bits per heavy atom. The van der Waals surface area contributed by atoms with E-state index in [1.807, 2.05) is 0 Å². The Labute approximate surface area is 325 Å². The standard InChI is InChI=1S/C51H67BN/c1-14-20-41(40-27-25-35(4)32-47(40)53-39-26-28-43-45(33-39)50(10,11)30-29-49(43,8)9)48(36(5)15-2)52-46-24-19-23-42(38(46)7)51(12,13)44-31-34(3)21-17-16-18-22-37(44)6/h14,18-20,22-28,31-33,36,53H,15-17,21,29-30H2,1-13H3/b20-14?,22-18?,34-31?,44-37?,48-41-. The highest BCUT2D eigenvalue weighted by atomic mass is 14.9. The van der Waals surface area contributed by atoms with E-state index in [9.17, 15) is 0 Å². The third kappa shape index (κ3) is 8.80. The first-order chi connectivity index (χ1) is 25.0. The van der Waals surface area contributed by atoms with Crippen LogP contribution in [0.5, 0.6) is 0 Å². The minimum absolute atomic E-state index is 0.146. The van der Waals surface area contributed by atoms with Crippen LogP contribution in [0.15, 0.2) is 107 Å². The molecule has 1 N–H and O–H groups in total. The number of nitrogens with one attached hydrogen (secondary N) is 1. The van der Waals surface area contributed by atoms with Crippen molar-refractivity contribution >= 4 is 29.7 Å². The zero-order valence-corrected chi connectivity index (χ0v) is 35.5. The molecule has 0 fully saturated rings. The second kappa shape index (κ2) is 16.3. The summed E-state index contributed by atoms with van der Waals surface area (Å²) in [4.78, 5) is 0. The van der Waals surface area contributed by atoms with E-state index in [0.29, 0.717) is 5.92 Å². The molecule has 1 nitrogen and oxygen atoms in total. The molecule has 1 atom stereocenters. The summed E-state index contributed by atoms with van der Waals surface area (Å²) in [5.41, 5.74) is 19.0. The van der Waals surface area contributed by atoms with Crippen molar-refractivity contribution in [1.29, 1.82) is 0 Å². The fraction of sp³-hybridized carbons (Fsp3) is 0.451. The number of allylic oxidation sites excluding steroid dienone is 10. The molecule has 0 heterocycles. The summed E-state index contributed by atoms with van der Waals surface area (Å²) in [6.07, 6.45) is 18.7. The Bertz CT molecular complexity index is 1970. The largest absolute Gasteiger partial charge is 0.355 e. The van der Waals surface area contributed by atoms with E-state index in [-0.39, 0.29) is 16.2 Å². The molecule has 5 rings (SSSR count). The molecule has 2 heteroatoms. The second-order valence-corrected chi connectivity index (χ2v) is 18.1. The van der Waals surface area contributed by atoms with Gasteiger partial charge >= 0.3 is 0 Å². The SMILES string of the molecule is CC=C/C(=C(/[B]c1cccc(C(C)(C)C2=C(C)C=CCCCC(C)=C2)c1C)C(C)CC)c1ccc(C)cc1Nc1ccc2c(c1)C(C)(C)CCC2(C)C. The van der Waals surface area contributed by atoms with Crippen molar-refractivity contribution in [2.24, 2.45) is 5.92 Å². The predicted molar refractivity (Wildman–Crippen MR) is 236 cm³/mol. The summed E-state index contributed by atoms with van der Waals surface area (Å²) in [5.74, 6) is 0.369. The maximum absolute atomic E-state index is 3.94. The lowest BCUT2D eigenvalue weighted by Crippen LogP contribution is -2.33. The summed E-state index contributed by atoms with van der Waals surface area (Å²) in [6, 6.07) is 21.0. The molecule has 279 valence electrons. The van der Waals surface area contributed by atoms with E-state index in [4.69, 9.17) is 0 Å². The van der Waals surface area contributed by atoms with Gasteiger partial charge in [-0.25, -0.2) is 0 Å². The van der Waals surface area contributed by atoms with Crippen molar-refractivity contribution in [2.75, 3.05) is 5.32 Å². The van der Waals surface area contributed by atoms with Crippen LogP contribution in [-0.2, 0) is 16.2 Å². The molecule has 53 heavy (non-hydrogen) atoms. The fourth-order valence-electron chi connectivity index (χ4n) is 8.79. The number of aryl methyl sites for hydroxylation is 1. The molecule has 0 saturated heterocycles. The quantitative estimate of drug-likeness (QED) is 0.164. The van der Waals surface area contributed by atoms with Crippen molar-refractivity contribution in [3.8, 4) is 0 Å². The Kier molecular flexibility index (Phi) is 12.4. The molecule has 0 bridgehead atoms. The maximum Gasteiger partial charge on any atom is 0.187 e. The van der Waals surface area contributed by atoms with Crippen LogP contribution in [0.4, 0.5) is 11.4 Å². The molecule has 2 aliphatic rings. The van der Waals surface area contributed by atoms with E-state index in [1.165, 1.54) is 85.9 Å². The minimum Gasteiger partial charge on any atom is -0.355 e. The highest BCUT2D eigenvalue weighted by molar-refractivity contribution is 6.63. The fourth-order valence-corrected chi connectivity index (χ4v) is 8.79. The van der Waals surface area contributed by atoms with Gasteiger partial charge in [0.05, 0.1) is 0 Å². The molecule has 0 aromatic heterocycles. The summed E-state index contributed by atoms with van der Waals surface area (Å²) < 4.78 is 0. The monoisotopic (exact) mass is 705 g/mol. The maximum atomic E-state index is 3.94. The summed E-state index contributed by atoms with van der Waals surface area (Å²) in [7, 11) is 2.50. The zero-order valence-electron chi connectivity index (χ0n) is 35.5. The number of hydrogen-bond donors (Lipinski definition) is 1. The third-order valence-electron chi connectivity index (χ3n) is 12.5. The predicted octanol–water partition coefficient (Wildman–Crippen LogP) is 14.0. The third-order valence-corrected chi connectivity index (χ3v) is 12.5. The van der Waals surface area contributed by atoms with Gasteiger partial charge in [0.25, 0.3) is 0 Å². The van der Waals surface area contributed by atoms with E-state index < -0.39 is 0 Å². The van der Waals surface area contributed by atoms with E-state index in [2.05, 4.69) is 188 Å². The van der Waals surface area contributed by atoms with Crippen LogP contribution < -0.4 is 10.8 Å². The molecule has 1 unspecified atom stereocenters. The molecular formula is C51H67BN. The van der Waals surface area contributed by atoms with Gasteiger partial charge in [-0.1, -0.05) is 151 Å². The zero-order chi connectivity index (χ0) is 38.7. The highest BCUT2D eigenvalue weighted by Crippen LogP contribution is 2.47. The normalized spacial score (nSPS) is 18.4. The second-order valence-electron chi connectivity index (χ2n) is 18.1. The van der Waals surface area contributed by atoms with Gasteiger partial charge in [-0.05, 0) is 141 Å². The van der Waals surface area contributed by atoms with Gasteiger partial charge in [0.15, 0.2) is 7.28 Å². The van der Waals surface area contributed by atoms with Crippen molar-refractivity contribution in [3.05, 3.63) is 141 Å². The van der Waals surface area contributed by atoms with E-state index in [0.717, 1.165) is 30.6 Å². The van der Waals surface area contributed by atoms with Crippen molar-refractivity contribution in [1.82, 2.24) is 0 Å². The lowest BCUT2D eigenvalue weighted by atomic mass is 9.55. The molecule has 0 amide bonds. The topological polar surface area (TPSA) is 12.0 Å². The number of rotatable bonds is 10.